The molecule has 32 heavy (non-hydrogen) atoms. The maximum atomic E-state index is 12.7. The lowest BCUT2D eigenvalue weighted by Crippen LogP contribution is -2.37. The van der Waals surface area contributed by atoms with E-state index in [0.717, 1.165) is 42.9 Å². The largest absolute Gasteiger partial charge is 0.490 e. The number of ether oxygens (including phenoxy) is 2. The topological polar surface area (TPSA) is 85.2 Å². The molecule has 0 fully saturated rings. The Bertz CT molecular complexity index is 988. The molecule has 0 saturated carbocycles. The van der Waals surface area contributed by atoms with E-state index in [1.807, 2.05) is 37.4 Å². The number of carbonyl (C=O) groups excluding carboxylic acids is 1. The molecule has 1 aliphatic rings. The van der Waals surface area contributed by atoms with E-state index in [2.05, 4.69) is 17.6 Å². The molecule has 0 aliphatic carbocycles. The van der Waals surface area contributed by atoms with Crippen molar-refractivity contribution in [3.8, 4) is 11.5 Å². The van der Waals surface area contributed by atoms with E-state index >= 15 is 0 Å². The van der Waals surface area contributed by atoms with Gasteiger partial charge in [-0.25, -0.2) is 4.79 Å². The van der Waals surface area contributed by atoms with Gasteiger partial charge in [-0.05, 0) is 55.8 Å². The van der Waals surface area contributed by atoms with Gasteiger partial charge >= 0.3 is 6.09 Å². The van der Waals surface area contributed by atoms with Crippen molar-refractivity contribution >= 4 is 17.5 Å². The van der Waals surface area contributed by atoms with Crippen LogP contribution in [0.25, 0.3) is 0 Å². The van der Waals surface area contributed by atoms with Crippen molar-refractivity contribution in [2.75, 3.05) is 38.2 Å². The molecular formula is C24H27N3O5. The summed E-state index contributed by atoms with van der Waals surface area (Å²) in [4.78, 5) is 26.7. The lowest BCUT2D eigenvalue weighted by Gasteiger charge is -2.29. The van der Waals surface area contributed by atoms with Gasteiger partial charge in [0.05, 0.1) is 10.6 Å². The van der Waals surface area contributed by atoms with Gasteiger partial charge in [0.1, 0.15) is 18.1 Å². The van der Waals surface area contributed by atoms with Crippen LogP contribution in [0.2, 0.25) is 0 Å². The normalized spacial score (nSPS) is 13.1. The molecule has 0 aromatic heterocycles. The molecule has 1 amide bonds. The van der Waals surface area contributed by atoms with Crippen LogP contribution in [-0.2, 0) is 6.42 Å². The summed E-state index contributed by atoms with van der Waals surface area (Å²) in [6, 6.07) is 11.1. The number of amides is 1. The van der Waals surface area contributed by atoms with Crippen molar-refractivity contribution in [2.24, 2.45) is 0 Å². The summed E-state index contributed by atoms with van der Waals surface area (Å²) in [5.74, 6) is 1.01. The minimum atomic E-state index is -0.514. The third-order valence-electron chi connectivity index (χ3n) is 5.01. The molecule has 0 saturated heterocycles. The number of hydrogen-bond acceptors (Lipinski definition) is 6. The molecule has 8 nitrogen and oxygen atoms in total. The third kappa shape index (κ3) is 6.18. The number of rotatable bonds is 9. The summed E-state index contributed by atoms with van der Waals surface area (Å²) in [5.41, 5.74) is 1.75. The molecule has 2 aromatic rings. The second kappa shape index (κ2) is 11.1. The van der Waals surface area contributed by atoms with Crippen LogP contribution in [-0.4, -0.2) is 49.2 Å². The number of fused-ring (bicyclic) bond motifs is 1. The molecule has 2 aromatic carbocycles. The monoisotopic (exact) mass is 437 g/mol. The van der Waals surface area contributed by atoms with E-state index in [9.17, 15) is 14.9 Å². The Morgan fingerprint density at radius 3 is 2.66 bits per heavy atom. The summed E-state index contributed by atoms with van der Waals surface area (Å²) < 4.78 is 11.2. The van der Waals surface area contributed by atoms with Crippen LogP contribution >= 0.6 is 0 Å². The van der Waals surface area contributed by atoms with Crippen LogP contribution in [0, 0.1) is 10.1 Å². The zero-order valence-electron chi connectivity index (χ0n) is 18.1. The van der Waals surface area contributed by atoms with Crippen LogP contribution in [0.3, 0.4) is 0 Å². The highest BCUT2D eigenvalue weighted by Gasteiger charge is 2.24. The molecule has 0 unspecified atom stereocenters. The van der Waals surface area contributed by atoms with Crippen molar-refractivity contribution < 1.29 is 19.2 Å². The number of benzene rings is 2. The summed E-state index contributed by atoms with van der Waals surface area (Å²) in [6.45, 7) is 6.38. The molecule has 0 spiro atoms. The Hall–Kier alpha value is -3.65. The predicted molar refractivity (Wildman–Crippen MR) is 124 cm³/mol. The van der Waals surface area contributed by atoms with Gasteiger partial charge in [0.15, 0.2) is 0 Å². The molecule has 0 N–H and O–H groups in total. The number of nitro groups is 1. The Morgan fingerprint density at radius 1 is 1.19 bits per heavy atom. The van der Waals surface area contributed by atoms with E-state index in [0.29, 0.717) is 13.2 Å². The quantitative estimate of drug-likeness (QED) is 0.324. The van der Waals surface area contributed by atoms with Crippen molar-refractivity contribution in [3.05, 3.63) is 82.9 Å². The van der Waals surface area contributed by atoms with Gasteiger partial charge in [-0.1, -0.05) is 18.2 Å². The smallest absolute Gasteiger partial charge is 0.419 e. The third-order valence-corrected chi connectivity index (χ3v) is 5.01. The van der Waals surface area contributed by atoms with E-state index in [1.165, 1.54) is 24.3 Å². The second-order valence-electron chi connectivity index (χ2n) is 7.46. The average molecular weight is 437 g/mol. The van der Waals surface area contributed by atoms with Gasteiger partial charge in [0.25, 0.3) is 5.69 Å². The predicted octanol–water partition coefficient (Wildman–Crippen LogP) is 4.60. The average Bonchev–Trinajstić information content (AvgIpc) is 2.78. The van der Waals surface area contributed by atoms with Crippen molar-refractivity contribution in [1.82, 2.24) is 4.90 Å². The van der Waals surface area contributed by atoms with E-state index in [4.69, 9.17) is 9.47 Å². The highest BCUT2D eigenvalue weighted by atomic mass is 16.6. The van der Waals surface area contributed by atoms with Crippen molar-refractivity contribution in [3.63, 3.8) is 0 Å². The first-order chi connectivity index (χ1) is 15.5. The maximum absolute atomic E-state index is 12.7. The number of carbonyl (C=O) groups is 1. The van der Waals surface area contributed by atoms with Crippen LogP contribution < -0.4 is 14.4 Å². The minimum absolute atomic E-state index is 0.0562. The zero-order valence-corrected chi connectivity index (χ0v) is 18.1. The summed E-state index contributed by atoms with van der Waals surface area (Å²) in [5, 5.41) is 10.8. The first-order valence-corrected chi connectivity index (χ1v) is 10.4. The molecule has 0 radical (unpaired) electrons. The van der Waals surface area contributed by atoms with Crippen molar-refractivity contribution in [2.45, 2.75) is 12.8 Å². The van der Waals surface area contributed by atoms with Gasteiger partial charge in [0.2, 0.25) is 0 Å². The van der Waals surface area contributed by atoms with E-state index in [1.54, 1.807) is 4.90 Å². The summed E-state index contributed by atoms with van der Waals surface area (Å²) >= 11 is 0. The first-order valence-electron chi connectivity index (χ1n) is 10.4. The van der Waals surface area contributed by atoms with Crippen LogP contribution in [0.1, 0.15) is 12.0 Å². The lowest BCUT2D eigenvalue weighted by atomic mass is 10.0. The number of likely N-dealkylation sites (N-methyl/N-ethyl adjacent to an activating group) is 1. The second-order valence-corrected chi connectivity index (χ2v) is 7.46. The number of nitro benzene ring substituents is 1. The first kappa shape index (κ1) is 23.0. The standard InChI is InChI=1S/C24H27N3O5/c1-3-14-25(2)15-4-5-17-31-22-12-13-23-19(18-22)7-6-16-26(23)24(28)32-21-10-8-20(9-11-21)27(29)30/h3-5,8-13,18H,1,6-7,14-17H2,2H3. The number of anilines is 1. The number of hydrogen-bond donors (Lipinski definition) is 0. The molecule has 0 bridgehead atoms. The van der Waals surface area contributed by atoms with Crippen LogP contribution in [0.15, 0.2) is 67.3 Å². The molecule has 8 heteroatoms. The highest BCUT2D eigenvalue weighted by Crippen LogP contribution is 2.31. The molecular weight excluding hydrogens is 410 g/mol. The van der Waals surface area contributed by atoms with Gasteiger partial charge in [0, 0.05) is 31.8 Å². The number of aryl methyl sites for hydroxylation is 1. The fourth-order valence-electron chi connectivity index (χ4n) is 3.41. The molecule has 1 heterocycles. The minimum Gasteiger partial charge on any atom is -0.490 e. The van der Waals surface area contributed by atoms with Gasteiger partial charge in [-0.15, -0.1) is 6.58 Å². The fourth-order valence-corrected chi connectivity index (χ4v) is 3.41. The Morgan fingerprint density at radius 2 is 1.94 bits per heavy atom. The Balaban J connectivity index is 1.59. The van der Waals surface area contributed by atoms with Gasteiger partial charge < -0.3 is 9.47 Å². The molecule has 1 aliphatic heterocycles. The summed E-state index contributed by atoms with van der Waals surface area (Å²) in [6.07, 6.45) is 7.03. The Labute approximate surface area is 187 Å². The van der Waals surface area contributed by atoms with Crippen LogP contribution in [0.4, 0.5) is 16.2 Å². The molecule has 0 atom stereocenters. The van der Waals surface area contributed by atoms with Gasteiger partial charge in [-0.3, -0.25) is 19.9 Å². The fraction of sp³-hybridized carbons (Fsp3) is 0.292. The molecule has 168 valence electrons. The van der Waals surface area contributed by atoms with Crippen LogP contribution in [0.5, 0.6) is 11.5 Å². The number of nitrogens with zero attached hydrogens (tertiary/aromatic N) is 3. The molecule has 3 rings (SSSR count). The number of non-ortho nitro benzene ring substituents is 1. The SMILES string of the molecule is C=CCN(C)CC=CCOc1ccc2c(c1)CCCN2C(=O)Oc1ccc([N+](=O)[O-])cc1. The maximum Gasteiger partial charge on any atom is 0.419 e. The zero-order chi connectivity index (χ0) is 22.9. The lowest BCUT2D eigenvalue weighted by molar-refractivity contribution is -0.384. The van der Waals surface area contributed by atoms with Gasteiger partial charge in [-0.2, -0.15) is 0 Å². The Kier molecular flexibility index (Phi) is 7.99. The van der Waals surface area contributed by atoms with E-state index in [-0.39, 0.29) is 11.4 Å². The summed E-state index contributed by atoms with van der Waals surface area (Å²) in [7, 11) is 2.02. The van der Waals surface area contributed by atoms with Crippen molar-refractivity contribution in [1.29, 1.82) is 0 Å². The van der Waals surface area contributed by atoms with E-state index < -0.39 is 11.0 Å². The highest BCUT2D eigenvalue weighted by molar-refractivity contribution is 5.90.